The standard InChI is InChI=1S/C22H31N5O/c1-5-19-18(21(6-2)28-27-19)14-26-22(23-7-3)24-11-10-16-13-25-20-12-15(4)8-9-17(16)20/h8-9,12-13,25H,5-7,10-11,14H2,1-4H3,(H2,23,24,26). The highest BCUT2D eigenvalue weighted by molar-refractivity contribution is 5.84. The number of aliphatic imine (C=N–C) groups is 1. The maximum absolute atomic E-state index is 5.44. The first-order chi connectivity index (χ1) is 13.7. The van der Waals surface area contributed by atoms with E-state index in [4.69, 9.17) is 9.52 Å². The zero-order valence-corrected chi connectivity index (χ0v) is 17.4. The molecule has 0 bridgehead atoms. The molecule has 0 saturated carbocycles. The van der Waals surface area contributed by atoms with Gasteiger partial charge in [0.05, 0.1) is 12.2 Å². The van der Waals surface area contributed by atoms with Crippen LogP contribution in [0.4, 0.5) is 0 Å². The smallest absolute Gasteiger partial charge is 0.191 e. The number of nitrogens with zero attached hydrogens (tertiary/aromatic N) is 2. The minimum absolute atomic E-state index is 0.581. The summed E-state index contributed by atoms with van der Waals surface area (Å²) < 4.78 is 5.44. The predicted octanol–water partition coefficient (Wildman–Crippen LogP) is 3.89. The molecule has 0 aliphatic carbocycles. The summed E-state index contributed by atoms with van der Waals surface area (Å²) in [7, 11) is 0. The van der Waals surface area contributed by atoms with Crippen LogP contribution in [0.2, 0.25) is 0 Å². The number of aryl methyl sites for hydroxylation is 3. The number of aromatic amines is 1. The maximum Gasteiger partial charge on any atom is 0.191 e. The van der Waals surface area contributed by atoms with E-state index in [1.165, 1.54) is 22.0 Å². The van der Waals surface area contributed by atoms with E-state index >= 15 is 0 Å². The number of aromatic nitrogens is 2. The molecule has 28 heavy (non-hydrogen) atoms. The van der Waals surface area contributed by atoms with Crippen molar-refractivity contribution in [2.45, 2.75) is 53.5 Å². The molecule has 6 nitrogen and oxygen atoms in total. The molecule has 0 aliphatic heterocycles. The van der Waals surface area contributed by atoms with Crippen LogP contribution >= 0.6 is 0 Å². The van der Waals surface area contributed by atoms with Crippen LogP contribution in [0.25, 0.3) is 10.9 Å². The highest BCUT2D eigenvalue weighted by Crippen LogP contribution is 2.20. The van der Waals surface area contributed by atoms with Crippen LogP contribution < -0.4 is 10.6 Å². The lowest BCUT2D eigenvalue weighted by Crippen LogP contribution is -2.38. The first-order valence-electron chi connectivity index (χ1n) is 10.2. The van der Waals surface area contributed by atoms with Gasteiger partial charge in [-0.15, -0.1) is 0 Å². The van der Waals surface area contributed by atoms with Gasteiger partial charge in [0.25, 0.3) is 0 Å². The lowest BCUT2D eigenvalue weighted by molar-refractivity contribution is 0.380. The van der Waals surface area contributed by atoms with Crippen LogP contribution in [0.3, 0.4) is 0 Å². The average Bonchev–Trinajstić information content (AvgIpc) is 3.29. The molecule has 0 aliphatic rings. The summed E-state index contributed by atoms with van der Waals surface area (Å²) in [5.74, 6) is 1.76. The van der Waals surface area contributed by atoms with Gasteiger partial charge in [-0.25, -0.2) is 4.99 Å². The first kappa shape index (κ1) is 20.0. The number of hydrogen-bond donors (Lipinski definition) is 3. The Morgan fingerprint density at radius 3 is 2.79 bits per heavy atom. The second-order valence-corrected chi connectivity index (χ2v) is 6.97. The molecule has 150 valence electrons. The molecule has 0 spiro atoms. The lowest BCUT2D eigenvalue weighted by Gasteiger charge is -2.11. The van der Waals surface area contributed by atoms with Gasteiger partial charge in [0.1, 0.15) is 5.76 Å². The Hall–Kier alpha value is -2.76. The molecule has 0 atom stereocenters. The molecule has 6 heteroatoms. The van der Waals surface area contributed by atoms with Crippen molar-refractivity contribution in [1.82, 2.24) is 20.8 Å². The third kappa shape index (κ3) is 4.55. The van der Waals surface area contributed by atoms with Crippen molar-refractivity contribution < 1.29 is 4.52 Å². The van der Waals surface area contributed by atoms with Crippen molar-refractivity contribution in [2.24, 2.45) is 4.99 Å². The van der Waals surface area contributed by atoms with Crippen molar-refractivity contribution >= 4 is 16.9 Å². The van der Waals surface area contributed by atoms with E-state index in [2.05, 4.69) is 72.9 Å². The van der Waals surface area contributed by atoms with Crippen molar-refractivity contribution in [2.75, 3.05) is 13.1 Å². The minimum atomic E-state index is 0.581. The summed E-state index contributed by atoms with van der Waals surface area (Å²) in [4.78, 5) is 8.12. The SMILES string of the molecule is CCNC(=NCc1c(CC)noc1CC)NCCc1c[nH]c2cc(C)ccc12. The van der Waals surface area contributed by atoms with E-state index in [1.807, 2.05) is 0 Å². The van der Waals surface area contributed by atoms with E-state index < -0.39 is 0 Å². The van der Waals surface area contributed by atoms with Gasteiger partial charge in [0.2, 0.25) is 0 Å². The van der Waals surface area contributed by atoms with Crippen molar-refractivity contribution in [3.63, 3.8) is 0 Å². The summed E-state index contributed by atoms with van der Waals surface area (Å²) in [6.07, 6.45) is 4.73. The molecule has 1 aromatic carbocycles. The molecule has 3 rings (SSSR count). The van der Waals surface area contributed by atoms with Crippen LogP contribution in [0.15, 0.2) is 33.9 Å². The fourth-order valence-corrected chi connectivity index (χ4v) is 3.44. The molecule has 0 amide bonds. The van der Waals surface area contributed by atoms with Gasteiger partial charge in [0.15, 0.2) is 5.96 Å². The Bertz CT molecular complexity index is 916. The summed E-state index contributed by atoms with van der Waals surface area (Å²) in [6.45, 7) is 10.6. The van der Waals surface area contributed by atoms with Crippen molar-refractivity contribution in [1.29, 1.82) is 0 Å². The molecule has 3 aromatic rings. The van der Waals surface area contributed by atoms with E-state index in [-0.39, 0.29) is 0 Å². The van der Waals surface area contributed by atoms with Gasteiger partial charge in [0, 0.05) is 42.2 Å². The van der Waals surface area contributed by atoms with Gasteiger partial charge in [-0.05, 0) is 43.9 Å². The Kier molecular flexibility index (Phi) is 6.74. The van der Waals surface area contributed by atoms with E-state index in [9.17, 15) is 0 Å². The molecular weight excluding hydrogens is 350 g/mol. The van der Waals surface area contributed by atoms with E-state index in [0.717, 1.165) is 55.3 Å². The fourth-order valence-electron chi connectivity index (χ4n) is 3.44. The Balaban J connectivity index is 1.64. The largest absolute Gasteiger partial charge is 0.361 e. The van der Waals surface area contributed by atoms with Gasteiger partial charge in [-0.3, -0.25) is 0 Å². The summed E-state index contributed by atoms with van der Waals surface area (Å²) >= 11 is 0. The Morgan fingerprint density at radius 1 is 1.18 bits per heavy atom. The molecule has 0 fully saturated rings. The average molecular weight is 382 g/mol. The molecule has 0 unspecified atom stereocenters. The molecule has 0 radical (unpaired) electrons. The van der Waals surface area contributed by atoms with Crippen LogP contribution in [-0.4, -0.2) is 29.2 Å². The van der Waals surface area contributed by atoms with Gasteiger partial charge >= 0.3 is 0 Å². The minimum Gasteiger partial charge on any atom is -0.361 e. The normalized spacial score (nSPS) is 11.9. The van der Waals surface area contributed by atoms with Crippen molar-refractivity contribution in [3.05, 3.63) is 52.5 Å². The number of fused-ring (bicyclic) bond motifs is 1. The second-order valence-electron chi connectivity index (χ2n) is 6.97. The number of rotatable bonds is 8. The fraction of sp³-hybridized carbons (Fsp3) is 0.455. The quantitative estimate of drug-likeness (QED) is 0.409. The van der Waals surface area contributed by atoms with Gasteiger partial charge < -0.3 is 20.1 Å². The molecule has 2 heterocycles. The number of guanidine groups is 1. The Labute approximate surface area is 166 Å². The van der Waals surface area contributed by atoms with Crippen LogP contribution in [0.1, 0.15) is 48.9 Å². The highest BCUT2D eigenvalue weighted by Gasteiger charge is 2.13. The van der Waals surface area contributed by atoms with Crippen LogP contribution in [-0.2, 0) is 25.8 Å². The highest BCUT2D eigenvalue weighted by atomic mass is 16.5. The Morgan fingerprint density at radius 2 is 2.04 bits per heavy atom. The third-order valence-corrected chi connectivity index (χ3v) is 4.96. The van der Waals surface area contributed by atoms with Gasteiger partial charge in [-0.1, -0.05) is 31.1 Å². The molecule has 2 aromatic heterocycles. The topological polar surface area (TPSA) is 78.2 Å². The van der Waals surface area contributed by atoms with Crippen LogP contribution in [0, 0.1) is 6.92 Å². The van der Waals surface area contributed by atoms with Crippen LogP contribution in [0.5, 0.6) is 0 Å². The zero-order chi connectivity index (χ0) is 19.9. The summed E-state index contributed by atoms with van der Waals surface area (Å²) in [6, 6.07) is 6.54. The first-order valence-corrected chi connectivity index (χ1v) is 10.2. The third-order valence-electron chi connectivity index (χ3n) is 4.96. The van der Waals surface area contributed by atoms with Crippen molar-refractivity contribution in [3.8, 4) is 0 Å². The number of benzene rings is 1. The van der Waals surface area contributed by atoms with Gasteiger partial charge in [-0.2, -0.15) is 0 Å². The lowest BCUT2D eigenvalue weighted by atomic mass is 10.1. The zero-order valence-electron chi connectivity index (χ0n) is 17.4. The monoisotopic (exact) mass is 381 g/mol. The predicted molar refractivity (Wildman–Crippen MR) is 115 cm³/mol. The molecular formula is C22H31N5O. The molecule has 0 saturated heterocycles. The number of H-pyrrole nitrogens is 1. The van der Waals surface area contributed by atoms with E-state index in [0.29, 0.717) is 6.54 Å². The summed E-state index contributed by atoms with van der Waals surface area (Å²) in [5, 5.41) is 12.2. The second kappa shape index (κ2) is 9.44. The molecule has 3 N–H and O–H groups in total. The number of hydrogen-bond acceptors (Lipinski definition) is 3. The van der Waals surface area contributed by atoms with E-state index in [1.54, 1.807) is 0 Å². The maximum atomic E-state index is 5.44. The summed E-state index contributed by atoms with van der Waals surface area (Å²) in [5.41, 5.74) is 5.91. The number of nitrogens with one attached hydrogen (secondary N) is 3.